The predicted molar refractivity (Wildman–Crippen MR) is 101 cm³/mol. The largest absolute Gasteiger partial charge is 0.497 e. The van der Waals surface area contributed by atoms with Gasteiger partial charge >= 0.3 is 11.9 Å². The number of nitrogens with two attached hydrogens (primary N) is 1. The molecule has 2 N–H and O–H groups in total. The molecule has 0 bridgehead atoms. The molecule has 0 radical (unpaired) electrons. The zero-order valence-corrected chi connectivity index (χ0v) is 15.7. The summed E-state index contributed by atoms with van der Waals surface area (Å²) in [6.45, 7) is 4.27. The molecule has 0 saturated carbocycles. The summed E-state index contributed by atoms with van der Waals surface area (Å²) in [5.74, 6) is -0.377. The third-order valence-corrected chi connectivity index (χ3v) is 3.89. The molecule has 27 heavy (non-hydrogen) atoms. The van der Waals surface area contributed by atoms with Crippen LogP contribution in [0.15, 0.2) is 42.7 Å². The van der Waals surface area contributed by atoms with Gasteiger partial charge in [-0.05, 0) is 37.6 Å². The van der Waals surface area contributed by atoms with Gasteiger partial charge in [-0.25, -0.2) is 9.59 Å². The average Bonchev–Trinajstić information content (AvgIpc) is 3.07. The fourth-order valence-corrected chi connectivity index (χ4v) is 2.66. The Bertz CT molecular complexity index is 821. The summed E-state index contributed by atoms with van der Waals surface area (Å²) in [7, 11) is 1.60. The van der Waals surface area contributed by atoms with Gasteiger partial charge in [-0.1, -0.05) is 12.1 Å². The summed E-state index contributed by atoms with van der Waals surface area (Å²) in [6.07, 6.45) is 2.87. The lowest BCUT2D eigenvalue weighted by molar-refractivity contribution is -0.136. The van der Waals surface area contributed by atoms with Crippen LogP contribution >= 0.6 is 0 Å². The maximum Gasteiger partial charge on any atom is 0.341 e. The molecule has 2 aromatic rings. The first-order valence-electron chi connectivity index (χ1n) is 8.64. The molecule has 7 nitrogen and oxygen atoms in total. The highest BCUT2D eigenvalue weighted by molar-refractivity contribution is 6.18. The number of ether oxygens (including phenoxy) is 3. The normalized spacial score (nSPS) is 11.1. The average molecular weight is 372 g/mol. The summed E-state index contributed by atoms with van der Waals surface area (Å²) in [5, 5.41) is 0. The van der Waals surface area contributed by atoms with E-state index in [9.17, 15) is 9.59 Å². The maximum absolute atomic E-state index is 12.3. The SMILES string of the molecule is CCOC(=O)/C(=C\N)c1c(C(=O)OCC)ccn1Cc1ccc(OC)cc1. The number of hydrogen-bond donors (Lipinski definition) is 1. The summed E-state index contributed by atoms with van der Waals surface area (Å²) < 4.78 is 17.1. The van der Waals surface area contributed by atoms with E-state index in [2.05, 4.69) is 0 Å². The van der Waals surface area contributed by atoms with E-state index in [0.717, 1.165) is 17.5 Å². The van der Waals surface area contributed by atoms with Crippen molar-refractivity contribution in [2.45, 2.75) is 20.4 Å². The van der Waals surface area contributed by atoms with E-state index >= 15 is 0 Å². The summed E-state index contributed by atoms with van der Waals surface area (Å²) >= 11 is 0. The van der Waals surface area contributed by atoms with Crippen LogP contribution in [0.1, 0.15) is 35.5 Å². The minimum atomic E-state index is -0.597. The molecular weight excluding hydrogens is 348 g/mol. The lowest BCUT2D eigenvalue weighted by atomic mass is 10.1. The number of benzene rings is 1. The highest BCUT2D eigenvalue weighted by atomic mass is 16.5. The van der Waals surface area contributed by atoms with Crippen molar-refractivity contribution in [1.29, 1.82) is 0 Å². The number of nitrogens with zero attached hydrogens (tertiary/aromatic N) is 1. The van der Waals surface area contributed by atoms with Crippen molar-refractivity contribution < 1.29 is 23.8 Å². The Morgan fingerprint density at radius 3 is 2.30 bits per heavy atom. The lowest BCUT2D eigenvalue weighted by Gasteiger charge is -2.14. The third-order valence-electron chi connectivity index (χ3n) is 3.89. The van der Waals surface area contributed by atoms with Gasteiger partial charge in [0.05, 0.1) is 37.2 Å². The molecule has 2 rings (SSSR count). The Hall–Kier alpha value is -3.22. The third kappa shape index (κ3) is 4.69. The predicted octanol–water partition coefficient (Wildman–Crippen LogP) is 2.58. The van der Waals surface area contributed by atoms with Crippen LogP contribution in [0.3, 0.4) is 0 Å². The van der Waals surface area contributed by atoms with Crippen molar-refractivity contribution in [2.24, 2.45) is 5.73 Å². The van der Waals surface area contributed by atoms with E-state index < -0.39 is 11.9 Å². The second-order valence-electron chi connectivity index (χ2n) is 5.58. The molecule has 0 amide bonds. The van der Waals surface area contributed by atoms with Crippen LogP contribution in [0.4, 0.5) is 0 Å². The number of methoxy groups -OCH3 is 1. The highest BCUT2D eigenvalue weighted by Gasteiger charge is 2.25. The molecule has 0 spiro atoms. The minimum Gasteiger partial charge on any atom is -0.497 e. The molecular formula is C20H24N2O5. The molecule has 1 heterocycles. The zero-order valence-electron chi connectivity index (χ0n) is 15.7. The first-order chi connectivity index (χ1) is 13.0. The molecule has 0 aliphatic rings. The molecule has 0 aliphatic heterocycles. The van der Waals surface area contributed by atoms with Crippen LogP contribution in [-0.2, 0) is 20.8 Å². The fourth-order valence-electron chi connectivity index (χ4n) is 2.66. The van der Waals surface area contributed by atoms with Gasteiger partial charge in [0.1, 0.15) is 5.75 Å². The summed E-state index contributed by atoms with van der Waals surface area (Å²) in [6, 6.07) is 9.11. The molecule has 0 atom stereocenters. The fraction of sp³-hybridized carbons (Fsp3) is 0.300. The molecule has 0 unspecified atom stereocenters. The molecule has 0 saturated heterocycles. The molecule has 1 aromatic carbocycles. The smallest absolute Gasteiger partial charge is 0.341 e. The second-order valence-corrected chi connectivity index (χ2v) is 5.58. The molecule has 0 fully saturated rings. The van der Waals surface area contributed by atoms with Crippen molar-refractivity contribution in [3.05, 3.63) is 59.5 Å². The van der Waals surface area contributed by atoms with Gasteiger partial charge in [0.2, 0.25) is 0 Å². The first-order valence-corrected chi connectivity index (χ1v) is 8.64. The van der Waals surface area contributed by atoms with Crippen LogP contribution in [0.2, 0.25) is 0 Å². The minimum absolute atomic E-state index is 0.110. The van der Waals surface area contributed by atoms with Crippen molar-refractivity contribution >= 4 is 17.5 Å². The molecule has 144 valence electrons. The van der Waals surface area contributed by atoms with Gasteiger partial charge in [0.25, 0.3) is 0 Å². The van der Waals surface area contributed by atoms with E-state index in [4.69, 9.17) is 19.9 Å². The van der Waals surface area contributed by atoms with Gasteiger partial charge < -0.3 is 24.5 Å². The maximum atomic E-state index is 12.3. The van der Waals surface area contributed by atoms with Crippen molar-refractivity contribution in [1.82, 2.24) is 4.57 Å². The highest BCUT2D eigenvalue weighted by Crippen LogP contribution is 2.24. The topological polar surface area (TPSA) is 92.8 Å². The zero-order chi connectivity index (χ0) is 19.8. The van der Waals surface area contributed by atoms with Gasteiger partial charge in [0, 0.05) is 18.9 Å². The van der Waals surface area contributed by atoms with Crippen LogP contribution in [0.5, 0.6) is 5.75 Å². The number of carbonyl (C=O) groups is 2. The van der Waals surface area contributed by atoms with Crippen LogP contribution < -0.4 is 10.5 Å². The van der Waals surface area contributed by atoms with E-state index in [1.165, 1.54) is 0 Å². The number of rotatable bonds is 8. The van der Waals surface area contributed by atoms with Crippen LogP contribution in [0.25, 0.3) is 5.57 Å². The molecule has 0 aliphatic carbocycles. The Balaban J connectivity index is 2.46. The van der Waals surface area contributed by atoms with Crippen molar-refractivity contribution in [2.75, 3.05) is 20.3 Å². The first kappa shape index (κ1) is 20.1. The number of carbonyl (C=O) groups excluding carboxylic acids is 2. The Labute approximate surface area is 158 Å². The number of esters is 2. The Morgan fingerprint density at radius 2 is 1.74 bits per heavy atom. The van der Waals surface area contributed by atoms with E-state index in [1.807, 2.05) is 24.3 Å². The number of hydrogen-bond acceptors (Lipinski definition) is 6. The van der Waals surface area contributed by atoms with Gasteiger partial charge in [-0.2, -0.15) is 0 Å². The van der Waals surface area contributed by atoms with E-state index in [-0.39, 0.29) is 24.4 Å². The van der Waals surface area contributed by atoms with Crippen molar-refractivity contribution in [3.8, 4) is 5.75 Å². The van der Waals surface area contributed by atoms with Crippen LogP contribution in [0, 0.1) is 0 Å². The lowest BCUT2D eigenvalue weighted by Crippen LogP contribution is -2.16. The Morgan fingerprint density at radius 1 is 1.07 bits per heavy atom. The summed E-state index contributed by atoms with van der Waals surface area (Å²) in [5.41, 5.74) is 7.39. The Kier molecular flexibility index (Phi) is 7.05. The van der Waals surface area contributed by atoms with Crippen molar-refractivity contribution in [3.63, 3.8) is 0 Å². The standard InChI is InChI=1S/C20H24N2O5/c1-4-26-19(23)16-10-11-22(13-14-6-8-15(25-3)9-7-14)18(16)17(12-21)20(24)27-5-2/h6-12H,4-5,13,21H2,1-3H3/b17-12-. The second kappa shape index (κ2) is 9.47. The monoisotopic (exact) mass is 372 g/mol. The molecule has 7 heteroatoms. The van der Waals surface area contributed by atoms with E-state index in [1.54, 1.807) is 37.8 Å². The van der Waals surface area contributed by atoms with Gasteiger partial charge in [-0.3, -0.25) is 0 Å². The van der Waals surface area contributed by atoms with Gasteiger partial charge in [0.15, 0.2) is 0 Å². The van der Waals surface area contributed by atoms with Crippen LogP contribution in [-0.4, -0.2) is 36.8 Å². The number of aromatic nitrogens is 1. The molecule has 1 aromatic heterocycles. The summed E-state index contributed by atoms with van der Waals surface area (Å²) in [4.78, 5) is 24.7. The van der Waals surface area contributed by atoms with E-state index in [0.29, 0.717) is 12.2 Å². The quantitative estimate of drug-likeness (QED) is 0.565. The van der Waals surface area contributed by atoms with Gasteiger partial charge in [-0.15, -0.1) is 0 Å².